The Balaban J connectivity index is 1.95. The molecule has 1 atom stereocenters. The lowest BCUT2D eigenvalue weighted by molar-refractivity contribution is 0.153. The lowest BCUT2D eigenvalue weighted by Gasteiger charge is -2.31. The maximum atomic E-state index is 6.14. The standard InChI is InChI=1S/C19H31NO/c1-15-8-9-17(19(3,4)5)18(13-15)21-12-11-20-10-6-7-16(2)14-20/h8-9,13,16H,6-7,10-12,14H2,1-5H3/t16-/m0/s1. The normalized spacial score (nSPS) is 20.5. The van der Waals surface area contributed by atoms with E-state index in [0.717, 1.165) is 24.8 Å². The molecule has 1 aliphatic rings. The number of benzene rings is 1. The second-order valence-corrected chi connectivity index (χ2v) is 7.65. The van der Waals surface area contributed by atoms with Crippen LogP contribution in [0.5, 0.6) is 5.75 Å². The highest BCUT2D eigenvalue weighted by atomic mass is 16.5. The molecule has 0 bridgehead atoms. The molecule has 1 aliphatic heterocycles. The van der Waals surface area contributed by atoms with E-state index in [1.807, 2.05) is 0 Å². The molecule has 2 nitrogen and oxygen atoms in total. The highest BCUT2D eigenvalue weighted by Gasteiger charge is 2.20. The summed E-state index contributed by atoms with van der Waals surface area (Å²) in [5.41, 5.74) is 2.70. The summed E-state index contributed by atoms with van der Waals surface area (Å²) in [6.45, 7) is 15.5. The molecule has 1 fully saturated rings. The molecule has 2 rings (SSSR count). The van der Waals surface area contributed by atoms with Gasteiger partial charge in [0.05, 0.1) is 0 Å². The largest absolute Gasteiger partial charge is 0.492 e. The van der Waals surface area contributed by atoms with Crippen molar-refractivity contribution < 1.29 is 4.74 Å². The molecule has 0 spiro atoms. The number of piperidine rings is 1. The Labute approximate surface area is 130 Å². The fourth-order valence-electron chi connectivity index (χ4n) is 3.14. The van der Waals surface area contributed by atoms with Crippen molar-refractivity contribution in [2.75, 3.05) is 26.2 Å². The van der Waals surface area contributed by atoms with E-state index in [4.69, 9.17) is 4.74 Å². The zero-order valence-corrected chi connectivity index (χ0v) is 14.4. The minimum atomic E-state index is 0.128. The third-order valence-corrected chi connectivity index (χ3v) is 4.35. The van der Waals surface area contributed by atoms with E-state index in [9.17, 15) is 0 Å². The summed E-state index contributed by atoms with van der Waals surface area (Å²) < 4.78 is 6.14. The molecule has 0 N–H and O–H groups in total. The average Bonchev–Trinajstić information content (AvgIpc) is 2.37. The smallest absolute Gasteiger partial charge is 0.123 e. The molecule has 0 radical (unpaired) electrons. The molecule has 21 heavy (non-hydrogen) atoms. The van der Waals surface area contributed by atoms with Gasteiger partial charge < -0.3 is 4.74 Å². The first-order valence-corrected chi connectivity index (χ1v) is 8.32. The van der Waals surface area contributed by atoms with E-state index >= 15 is 0 Å². The molecule has 1 saturated heterocycles. The number of hydrogen-bond acceptors (Lipinski definition) is 2. The SMILES string of the molecule is Cc1ccc(C(C)(C)C)c(OCCN2CCC[C@H](C)C2)c1. The summed E-state index contributed by atoms with van der Waals surface area (Å²) in [4.78, 5) is 2.54. The Bertz CT molecular complexity index is 461. The van der Waals surface area contributed by atoms with Gasteiger partial charge in [-0.2, -0.15) is 0 Å². The zero-order chi connectivity index (χ0) is 15.5. The fourth-order valence-corrected chi connectivity index (χ4v) is 3.14. The summed E-state index contributed by atoms with van der Waals surface area (Å²) in [6, 6.07) is 6.58. The van der Waals surface area contributed by atoms with Crippen molar-refractivity contribution in [1.82, 2.24) is 4.90 Å². The molecule has 0 aliphatic carbocycles. The third kappa shape index (κ3) is 4.74. The van der Waals surface area contributed by atoms with Gasteiger partial charge in [-0.15, -0.1) is 0 Å². The maximum absolute atomic E-state index is 6.14. The first-order valence-electron chi connectivity index (χ1n) is 8.32. The Hall–Kier alpha value is -1.02. The van der Waals surface area contributed by atoms with E-state index in [2.05, 4.69) is 57.7 Å². The van der Waals surface area contributed by atoms with Gasteiger partial charge in [-0.25, -0.2) is 0 Å². The third-order valence-electron chi connectivity index (χ3n) is 4.35. The Morgan fingerprint density at radius 2 is 2.05 bits per heavy atom. The molecule has 1 aromatic carbocycles. The minimum absolute atomic E-state index is 0.128. The van der Waals surface area contributed by atoms with Gasteiger partial charge in [-0.1, -0.05) is 39.8 Å². The molecular weight excluding hydrogens is 258 g/mol. The summed E-state index contributed by atoms with van der Waals surface area (Å²) in [7, 11) is 0. The molecule has 1 aromatic rings. The summed E-state index contributed by atoms with van der Waals surface area (Å²) in [5.74, 6) is 1.90. The van der Waals surface area contributed by atoms with Crippen molar-refractivity contribution in [1.29, 1.82) is 0 Å². The van der Waals surface area contributed by atoms with E-state index < -0.39 is 0 Å². The average molecular weight is 289 g/mol. The van der Waals surface area contributed by atoms with Crippen LogP contribution >= 0.6 is 0 Å². The molecular formula is C19H31NO. The Morgan fingerprint density at radius 3 is 2.71 bits per heavy atom. The van der Waals surface area contributed by atoms with E-state index in [1.54, 1.807) is 0 Å². The van der Waals surface area contributed by atoms with E-state index in [0.29, 0.717) is 0 Å². The molecule has 2 heteroatoms. The molecule has 0 aromatic heterocycles. The van der Waals surface area contributed by atoms with Crippen LogP contribution in [-0.4, -0.2) is 31.1 Å². The summed E-state index contributed by atoms with van der Waals surface area (Å²) in [6.07, 6.45) is 2.71. The summed E-state index contributed by atoms with van der Waals surface area (Å²) in [5, 5.41) is 0. The molecule has 1 heterocycles. The highest BCUT2D eigenvalue weighted by Crippen LogP contribution is 2.32. The van der Waals surface area contributed by atoms with Gasteiger partial charge in [0.15, 0.2) is 0 Å². The van der Waals surface area contributed by atoms with Crippen molar-refractivity contribution in [2.24, 2.45) is 5.92 Å². The van der Waals surface area contributed by atoms with Crippen LogP contribution in [0.1, 0.15) is 51.7 Å². The predicted molar refractivity (Wildman–Crippen MR) is 90.2 cm³/mol. The van der Waals surface area contributed by atoms with Crippen molar-refractivity contribution in [3.05, 3.63) is 29.3 Å². The van der Waals surface area contributed by atoms with Crippen LogP contribution in [0.15, 0.2) is 18.2 Å². The fraction of sp³-hybridized carbons (Fsp3) is 0.684. The van der Waals surface area contributed by atoms with Gasteiger partial charge in [0.25, 0.3) is 0 Å². The first-order chi connectivity index (χ1) is 9.86. The van der Waals surface area contributed by atoms with Gasteiger partial charge in [0.2, 0.25) is 0 Å². The van der Waals surface area contributed by atoms with Crippen LogP contribution in [0.4, 0.5) is 0 Å². The van der Waals surface area contributed by atoms with Crippen molar-refractivity contribution in [2.45, 2.75) is 52.9 Å². The zero-order valence-electron chi connectivity index (χ0n) is 14.4. The molecule has 118 valence electrons. The monoisotopic (exact) mass is 289 g/mol. The molecule has 0 saturated carbocycles. The number of aryl methyl sites for hydroxylation is 1. The maximum Gasteiger partial charge on any atom is 0.123 e. The number of hydrogen-bond donors (Lipinski definition) is 0. The van der Waals surface area contributed by atoms with Crippen molar-refractivity contribution in [3.63, 3.8) is 0 Å². The quantitative estimate of drug-likeness (QED) is 0.814. The van der Waals surface area contributed by atoms with Crippen LogP contribution < -0.4 is 4.74 Å². The van der Waals surface area contributed by atoms with Gasteiger partial charge in [0, 0.05) is 13.1 Å². The summed E-state index contributed by atoms with van der Waals surface area (Å²) >= 11 is 0. The van der Waals surface area contributed by atoms with Gasteiger partial charge in [-0.3, -0.25) is 4.90 Å². The number of rotatable bonds is 4. The number of ether oxygens (including phenoxy) is 1. The van der Waals surface area contributed by atoms with Crippen LogP contribution in [0, 0.1) is 12.8 Å². The second kappa shape index (κ2) is 6.83. The van der Waals surface area contributed by atoms with E-state index in [-0.39, 0.29) is 5.41 Å². The van der Waals surface area contributed by atoms with E-state index in [1.165, 1.54) is 37.1 Å². The lowest BCUT2D eigenvalue weighted by Crippen LogP contribution is -2.37. The van der Waals surface area contributed by atoms with Crippen LogP contribution in [0.2, 0.25) is 0 Å². The number of nitrogens with zero attached hydrogens (tertiary/aromatic N) is 1. The van der Waals surface area contributed by atoms with Crippen molar-refractivity contribution >= 4 is 0 Å². The topological polar surface area (TPSA) is 12.5 Å². The van der Waals surface area contributed by atoms with Gasteiger partial charge >= 0.3 is 0 Å². The minimum Gasteiger partial charge on any atom is -0.492 e. The van der Waals surface area contributed by atoms with Gasteiger partial charge in [0.1, 0.15) is 12.4 Å². The Morgan fingerprint density at radius 1 is 1.29 bits per heavy atom. The van der Waals surface area contributed by atoms with Gasteiger partial charge in [-0.05, 0) is 54.8 Å². The molecule has 0 unspecified atom stereocenters. The molecule has 0 amide bonds. The number of likely N-dealkylation sites (tertiary alicyclic amines) is 1. The van der Waals surface area contributed by atoms with Crippen LogP contribution in [-0.2, 0) is 5.41 Å². The highest BCUT2D eigenvalue weighted by molar-refractivity contribution is 5.41. The first kappa shape index (κ1) is 16.4. The van der Waals surface area contributed by atoms with Crippen LogP contribution in [0.25, 0.3) is 0 Å². The Kier molecular flexibility index (Phi) is 5.32. The van der Waals surface area contributed by atoms with Crippen molar-refractivity contribution in [3.8, 4) is 5.75 Å². The lowest BCUT2D eigenvalue weighted by atomic mass is 9.86. The second-order valence-electron chi connectivity index (χ2n) is 7.65. The predicted octanol–water partition coefficient (Wildman–Crippen LogP) is 4.40. The van der Waals surface area contributed by atoms with Crippen LogP contribution in [0.3, 0.4) is 0 Å².